The van der Waals surface area contributed by atoms with Crippen LogP contribution in [0.4, 0.5) is 5.69 Å². The van der Waals surface area contributed by atoms with Crippen LogP contribution in [0.5, 0.6) is 0 Å². The lowest BCUT2D eigenvalue weighted by Gasteiger charge is -2.27. The predicted octanol–water partition coefficient (Wildman–Crippen LogP) is 4.27. The molecule has 0 aromatic heterocycles. The van der Waals surface area contributed by atoms with Crippen molar-refractivity contribution in [2.75, 3.05) is 23.9 Å². The van der Waals surface area contributed by atoms with E-state index in [2.05, 4.69) is 27.6 Å². The van der Waals surface area contributed by atoms with Crippen molar-refractivity contribution in [3.8, 4) is 0 Å². The van der Waals surface area contributed by atoms with Crippen LogP contribution < -0.4 is 9.73 Å². The molecule has 7 nitrogen and oxygen atoms in total. The first-order valence-corrected chi connectivity index (χ1v) is 13.5. The number of rotatable bonds is 8. The summed E-state index contributed by atoms with van der Waals surface area (Å²) in [5, 5.41) is 4.33. The fourth-order valence-corrected chi connectivity index (χ4v) is 5.78. The number of hydrogen-bond donors (Lipinski definition) is 1. The number of carbonyl (C=O) groups excluding carboxylic acids is 1. The molecule has 36 heavy (non-hydrogen) atoms. The smallest absolute Gasteiger partial charge is 0.264 e. The van der Waals surface area contributed by atoms with Crippen LogP contribution in [-0.4, -0.2) is 44.6 Å². The summed E-state index contributed by atoms with van der Waals surface area (Å²) in [6.45, 7) is 6.06. The normalized spacial score (nSPS) is 14.3. The average Bonchev–Trinajstić information content (AvgIpc) is 2.87. The number of anilines is 1. The molecule has 0 spiro atoms. The summed E-state index contributed by atoms with van der Waals surface area (Å²) in [5.41, 5.74) is 7.07. The minimum absolute atomic E-state index is 0.133. The third-order valence-electron chi connectivity index (χ3n) is 6.13. The van der Waals surface area contributed by atoms with Gasteiger partial charge < -0.3 is 0 Å². The van der Waals surface area contributed by atoms with Gasteiger partial charge >= 0.3 is 0 Å². The highest BCUT2D eigenvalue weighted by Crippen LogP contribution is 2.25. The lowest BCUT2D eigenvalue weighted by atomic mass is 10.1. The van der Waals surface area contributed by atoms with Gasteiger partial charge in [0.15, 0.2) is 0 Å². The number of benzene rings is 3. The molecular weight excluding hydrogens is 472 g/mol. The fraction of sp³-hybridized carbons (Fsp3) is 0.286. The number of nitrogens with one attached hydrogen (secondary N) is 1. The van der Waals surface area contributed by atoms with Crippen molar-refractivity contribution < 1.29 is 13.2 Å². The third-order valence-corrected chi connectivity index (χ3v) is 7.92. The molecule has 8 heteroatoms. The average molecular weight is 505 g/mol. The number of likely N-dealkylation sites (tertiary alicyclic amines) is 1. The maximum absolute atomic E-state index is 13.5. The summed E-state index contributed by atoms with van der Waals surface area (Å²) in [7, 11) is -3.95. The van der Waals surface area contributed by atoms with E-state index in [1.807, 2.05) is 38.1 Å². The van der Waals surface area contributed by atoms with Gasteiger partial charge in [-0.15, -0.1) is 0 Å². The van der Waals surface area contributed by atoms with Gasteiger partial charge in [0.05, 0.1) is 10.6 Å². The molecular formula is C28H32N4O3S. The van der Waals surface area contributed by atoms with Gasteiger partial charge in [-0.2, -0.15) is 5.10 Å². The Kier molecular flexibility index (Phi) is 8.18. The Balaban J connectivity index is 1.43. The summed E-state index contributed by atoms with van der Waals surface area (Å²) < 4.78 is 28.1. The fourth-order valence-electron chi connectivity index (χ4n) is 4.36. The second-order valence-electron chi connectivity index (χ2n) is 9.15. The van der Waals surface area contributed by atoms with Gasteiger partial charge in [0.25, 0.3) is 15.9 Å². The van der Waals surface area contributed by atoms with Crippen molar-refractivity contribution in [2.24, 2.45) is 5.10 Å². The molecule has 0 atom stereocenters. The molecule has 3 aromatic rings. The maximum atomic E-state index is 13.5. The highest BCUT2D eigenvalue weighted by Gasteiger charge is 2.27. The Morgan fingerprint density at radius 2 is 1.50 bits per heavy atom. The van der Waals surface area contributed by atoms with E-state index in [9.17, 15) is 13.2 Å². The van der Waals surface area contributed by atoms with Gasteiger partial charge in [0.2, 0.25) is 0 Å². The predicted molar refractivity (Wildman–Crippen MR) is 143 cm³/mol. The minimum atomic E-state index is -3.95. The Hall–Kier alpha value is -3.49. The summed E-state index contributed by atoms with van der Waals surface area (Å²) in [6.07, 6.45) is 1.52. The molecule has 4 rings (SSSR count). The highest BCUT2D eigenvalue weighted by atomic mass is 32.2. The second kappa shape index (κ2) is 11.5. The van der Waals surface area contributed by atoms with E-state index in [1.54, 1.807) is 30.3 Å². The van der Waals surface area contributed by atoms with Crippen molar-refractivity contribution in [3.63, 3.8) is 0 Å². The molecule has 1 aliphatic heterocycles. The van der Waals surface area contributed by atoms with E-state index >= 15 is 0 Å². The molecule has 0 unspecified atom stereocenters. The van der Waals surface area contributed by atoms with E-state index < -0.39 is 15.9 Å². The number of piperidine rings is 1. The van der Waals surface area contributed by atoms with Gasteiger partial charge in [-0.1, -0.05) is 54.6 Å². The molecule has 0 bridgehead atoms. The molecule has 0 aliphatic carbocycles. The molecule has 1 saturated heterocycles. The molecule has 0 saturated carbocycles. The second-order valence-corrected chi connectivity index (χ2v) is 11.0. The topological polar surface area (TPSA) is 82.1 Å². The van der Waals surface area contributed by atoms with Crippen LogP contribution in [-0.2, 0) is 21.4 Å². The van der Waals surface area contributed by atoms with Crippen molar-refractivity contribution >= 4 is 27.3 Å². The number of nitrogens with zero attached hydrogens (tertiary/aromatic N) is 3. The van der Waals surface area contributed by atoms with Gasteiger partial charge in [-0.3, -0.25) is 14.0 Å². The largest absolute Gasteiger partial charge is 0.298 e. The van der Waals surface area contributed by atoms with Gasteiger partial charge in [-0.25, -0.2) is 13.8 Å². The summed E-state index contributed by atoms with van der Waals surface area (Å²) in [4.78, 5) is 15.4. The number of aryl methyl sites for hydroxylation is 2. The highest BCUT2D eigenvalue weighted by molar-refractivity contribution is 7.92. The van der Waals surface area contributed by atoms with E-state index in [-0.39, 0.29) is 11.4 Å². The molecule has 1 amide bonds. The summed E-state index contributed by atoms with van der Waals surface area (Å²) in [5.74, 6) is -0.479. The first-order chi connectivity index (χ1) is 17.3. The summed E-state index contributed by atoms with van der Waals surface area (Å²) in [6, 6.07) is 24.0. The molecule has 1 heterocycles. The molecule has 0 radical (unpaired) electrons. The first-order valence-electron chi connectivity index (χ1n) is 12.1. The number of carbonyl (C=O) groups is 1. The molecule has 3 aromatic carbocycles. The Bertz CT molecular complexity index is 1300. The monoisotopic (exact) mass is 504 g/mol. The summed E-state index contributed by atoms with van der Waals surface area (Å²) >= 11 is 0. The standard InChI is InChI=1S/C28H32N4O3S/c1-22-17-23(2)19-26(18-22)32(36(34,35)27-11-7-4-8-12-27)21-28(33)30-29-25-13-15-31(16-14-25)20-24-9-5-3-6-10-24/h3-12,17-19H,13-16,20-21H2,1-2H3,(H,30,33). The van der Waals surface area contributed by atoms with Crippen LogP contribution in [0.2, 0.25) is 0 Å². The lowest BCUT2D eigenvalue weighted by Crippen LogP contribution is -2.40. The number of hydrogen-bond acceptors (Lipinski definition) is 5. The molecule has 1 aliphatic rings. The zero-order valence-corrected chi connectivity index (χ0v) is 21.5. The van der Waals surface area contributed by atoms with Crippen LogP contribution in [0.15, 0.2) is 88.9 Å². The zero-order chi connectivity index (χ0) is 25.5. The molecule has 1 N–H and O–H groups in total. The van der Waals surface area contributed by atoms with Crippen LogP contribution in [0.25, 0.3) is 0 Å². The van der Waals surface area contributed by atoms with Crippen LogP contribution in [0.1, 0.15) is 29.5 Å². The van der Waals surface area contributed by atoms with Crippen LogP contribution in [0, 0.1) is 13.8 Å². The van der Waals surface area contributed by atoms with E-state index in [4.69, 9.17) is 0 Å². The Morgan fingerprint density at radius 1 is 0.917 bits per heavy atom. The quantitative estimate of drug-likeness (QED) is 0.465. The van der Waals surface area contributed by atoms with Crippen LogP contribution in [0.3, 0.4) is 0 Å². The molecule has 1 fully saturated rings. The third kappa shape index (κ3) is 6.59. The van der Waals surface area contributed by atoms with Gasteiger partial charge in [0.1, 0.15) is 6.54 Å². The Labute approximate surface area is 213 Å². The van der Waals surface area contributed by atoms with Crippen molar-refractivity contribution in [1.82, 2.24) is 10.3 Å². The van der Waals surface area contributed by atoms with Crippen LogP contribution >= 0.6 is 0 Å². The Morgan fingerprint density at radius 3 is 2.11 bits per heavy atom. The number of amides is 1. The zero-order valence-electron chi connectivity index (χ0n) is 20.7. The van der Waals surface area contributed by atoms with Crippen molar-refractivity contribution in [3.05, 3.63) is 95.6 Å². The SMILES string of the molecule is Cc1cc(C)cc(N(CC(=O)NN=C2CCN(Cc3ccccc3)CC2)S(=O)(=O)c2ccccc2)c1. The van der Waals surface area contributed by atoms with Crippen molar-refractivity contribution in [2.45, 2.75) is 38.1 Å². The van der Waals surface area contributed by atoms with E-state index in [1.165, 1.54) is 17.7 Å². The molecule has 188 valence electrons. The van der Waals surface area contributed by atoms with E-state index in [0.717, 1.165) is 53.6 Å². The minimum Gasteiger partial charge on any atom is -0.298 e. The lowest BCUT2D eigenvalue weighted by molar-refractivity contribution is -0.119. The first kappa shape index (κ1) is 25.6. The number of sulfonamides is 1. The van der Waals surface area contributed by atoms with Gasteiger partial charge in [0, 0.05) is 38.2 Å². The number of hydrazone groups is 1. The van der Waals surface area contributed by atoms with Gasteiger partial charge in [-0.05, 0) is 54.8 Å². The van der Waals surface area contributed by atoms with E-state index in [0.29, 0.717) is 5.69 Å². The van der Waals surface area contributed by atoms with Crippen molar-refractivity contribution in [1.29, 1.82) is 0 Å². The maximum Gasteiger partial charge on any atom is 0.264 e.